The van der Waals surface area contributed by atoms with Gasteiger partial charge >= 0.3 is 0 Å². The van der Waals surface area contributed by atoms with E-state index in [0.717, 1.165) is 24.7 Å². The summed E-state index contributed by atoms with van der Waals surface area (Å²) in [5.74, 6) is 1.78. The molecule has 0 bridgehead atoms. The van der Waals surface area contributed by atoms with Gasteiger partial charge in [-0.15, -0.1) is 0 Å². The van der Waals surface area contributed by atoms with Gasteiger partial charge in [0.15, 0.2) is 0 Å². The van der Waals surface area contributed by atoms with Gasteiger partial charge in [0.2, 0.25) is 0 Å². The van der Waals surface area contributed by atoms with Crippen molar-refractivity contribution >= 4 is 0 Å². The van der Waals surface area contributed by atoms with Crippen LogP contribution >= 0.6 is 0 Å². The number of rotatable bonds is 3. The third kappa shape index (κ3) is 3.11. The average Bonchev–Trinajstić information content (AvgIpc) is 2.47. The lowest BCUT2D eigenvalue weighted by Crippen LogP contribution is -2.18. The van der Waals surface area contributed by atoms with Gasteiger partial charge in [-0.1, -0.05) is 25.3 Å². The Hall–Kier alpha value is -1.02. The van der Waals surface area contributed by atoms with Gasteiger partial charge in [-0.3, -0.25) is 0 Å². The molecule has 2 aliphatic carbocycles. The molecule has 0 unspecified atom stereocenters. The average molecular weight is 259 g/mol. The minimum Gasteiger partial charge on any atom is -0.493 e. The van der Waals surface area contributed by atoms with E-state index in [9.17, 15) is 0 Å². The number of aryl methyl sites for hydroxylation is 1. The first-order valence-electron chi connectivity index (χ1n) is 7.84. The minimum absolute atomic E-state index is 0.210. The van der Waals surface area contributed by atoms with Gasteiger partial charge in [0.05, 0.1) is 6.61 Å². The predicted octanol–water partition coefficient (Wildman–Crippen LogP) is 3.98. The molecule has 2 heteroatoms. The summed E-state index contributed by atoms with van der Waals surface area (Å²) in [5.41, 5.74) is 8.93. The molecule has 1 saturated carbocycles. The highest BCUT2D eigenvalue weighted by Crippen LogP contribution is 2.31. The fourth-order valence-electron chi connectivity index (χ4n) is 3.47. The van der Waals surface area contributed by atoms with Crippen molar-refractivity contribution in [3.8, 4) is 5.75 Å². The largest absolute Gasteiger partial charge is 0.493 e. The number of benzene rings is 1. The lowest BCUT2D eigenvalue weighted by atomic mass is 9.88. The highest BCUT2D eigenvalue weighted by atomic mass is 16.5. The molecule has 1 aromatic carbocycles. The Labute approximate surface area is 116 Å². The van der Waals surface area contributed by atoms with E-state index in [-0.39, 0.29) is 6.04 Å². The standard InChI is InChI=1S/C17H25NO/c18-17-8-4-7-14-9-10-15(11-16(14)17)19-12-13-5-2-1-3-6-13/h9-11,13,17H,1-8,12,18H2/t17-/m1/s1. The molecule has 104 valence electrons. The predicted molar refractivity (Wildman–Crippen MR) is 78.4 cm³/mol. The SMILES string of the molecule is N[C@@H]1CCCc2ccc(OCC3CCCCC3)cc21. The van der Waals surface area contributed by atoms with Crippen LogP contribution in [-0.2, 0) is 6.42 Å². The van der Waals surface area contributed by atoms with Crippen LogP contribution in [0.25, 0.3) is 0 Å². The first-order chi connectivity index (χ1) is 9.33. The molecule has 1 fully saturated rings. The number of hydrogen-bond acceptors (Lipinski definition) is 2. The van der Waals surface area contributed by atoms with E-state index in [4.69, 9.17) is 10.5 Å². The molecule has 0 radical (unpaired) electrons. The Balaban J connectivity index is 1.63. The summed E-state index contributed by atoms with van der Waals surface area (Å²) in [6.07, 6.45) is 10.3. The van der Waals surface area contributed by atoms with Crippen LogP contribution in [0.5, 0.6) is 5.75 Å². The van der Waals surface area contributed by atoms with Gasteiger partial charge in [0.1, 0.15) is 5.75 Å². The maximum absolute atomic E-state index is 6.20. The van der Waals surface area contributed by atoms with Crippen LogP contribution in [-0.4, -0.2) is 6.61 Å². The van der Waals surface area contributed by atoms with Gasteiger partial charge in [-0.05, 0) is 61.3 Å². The second-order valence-electron chi connectivity index (χ2n) is 6.17. The number of ether oxygens (including phenoxy) is 1. The molecule has 2 N–H and O–H groups in total. The quantitative estimate of drug-likeness (QED) is 0.891. The van der Waals surface area contributed by atoms with Crippen molar-refractivity contribution in [2.75, 3.05) is 6.61 Å². The van der Waals surface area contributed by atoms with Crippen LogP contribution in [0.2, 0.25) is 0 Å². The summed E-state index contributed by atoms with van der Waals surface area (Å²) in [5, 5.41) is 0. The summed E-state index contributed by atoms with van der Waals surface area (Å²) in [7, 11) is 0. The van der Waals surface area contributed by atoms with Gasteiger partial charge in [-0.25, -0.2) is 0 Å². The number of nitrogens with two attached hydrogens (primary N) is 1. The van der Waals surface area contributed by atoms with Crippen molar-refractivity contribution in [2.45, 2.75) is 57.4 Å². The van der Waals surface area contributed by atoms with E-state index in [1.807, 2.05) is 0 Å². The van der Waals surface area contributed by atoms with Gasteiger partial charge < -0.3 is 10.5 Å². The first-order valence-corrected chi connectivity index (χ1v) is 7.84. The monoisotopic (exact) mass is 259 g/mol. The zero-order valence-electron chi connectivity index (χ0n) is 11.7. The third-order valence-electron chi connectivity index (χ3n) is 4.69. The summed E-state index contributed by atoms with van der Waals surface area (Å²) in [6, 6.07) is 6.73. The second-order valence-corrected chi connectivity index (χ2v) is 6.17. The molecular formula is C17H25NO. The second kappa shape index (κ2) is 5.96. The van der Waals surface area contributed by atoms with Gasteiger partial charge in [0, 0.05) is 6.04 Å². The molecule has 2 nitrogen and oxygen atoms in total. The summed E-state index contributed by atoms with van der Waals surface area (Å²) >= 11 is 0. The zero-order valence-corrected chi connectivity index (χ0v) is 11.7. The highest BCUT2D eigenvalue weighted by molar-refractivity contribution is 5.39. The van der Waals surface area contributed by atoms with Crippen molar-refractivity contribution in [2.24, 2.45) is 11.7 Å². The Morgan fingerprint density at radius 1 is 1.05 bits per heavy atom. The smallest absolute Gasteiger partial charge is 0.119 e. The van der Waals surface area contributed by atoms with Crippen LogP contribution in [0.1, 0.15) is 62.1 Å². The fraction of sp³-hybridized carbons (Fsp3) is 0.647. The van der Waals surface area contributed by atoms with Crippen LogP contribution in [0.15, 0.2) is 18.2 Å². The summed E-state index contributed by atoms with van der Waals surface area (Å²) < 4.78 is 6.00. The Morgan fingerprint density at radius 3 is 2.74 bits per heavy atom. The number of hydrogen-bond donors (Lipinski definition) is 1. The molecule has 2 aliphatic rings. The molecule has 3 rings (SSSR count). The molecule has 0 amide bonds. The van der Waals surface area contributed by atoms with Crippen molar-refractivity contribution in [1.82, 2.24) is 0 Å². The molecular weight excluding hydrogens is 234 g/mol. The van der Waals surface area contributed by atoms with Crippen LogP contribution < -0.4 is 10.5 Å². The van der Waals surface area contributed by atoms with Crippen molar-refractivity contribution < 1.29 is 4.74 Å². The molecule has 1 aromatic rings. The topological polar surface area (TPSA) is 35.2 Å². The van der Waals surface area contributed by atoms with E-state index < -0.39 is 0 Å². The van der Waals surface area contributed by atoms with E-state index in [2.05, 4.69) is 18.2 Å². The van der Waals surface area contributed by atoms with Crippen LogP contribution in [0.3, 0.4) is 0 Å². The highest BCUT2D eigenvalue weighted by Gasteiger charge is 2.18. The summed E-state index contributed by atoms with van der Waals surface area (Å²) in [6.45, 7) is 0.883. The first kappa shape index (κ1) is 13.0. The van der Waals surface area contributed by atoms with Crippen molar-refractivity contribution in [3.63, 3.8) is 0 Å². The lowest BCUT2D eigenvalue weighted by molar-refractivity contribution is 0.208. The maximum Gasteiger partial charge on any atom is 0.119 e. The Kier molecular flexibility index (Phi) is 4.07. The molecule has 0 saturated heterocycles. The van der Waals surface area contributed by atoms with Gasteiger partial charge in [0.25, 0.3) is 0 Å². The molecule has 19 heavy (non-hydrogen) atoms. The molecule has 0 heterocycles. The molecule has 1 atom stereocenters. The Bertz CT molecular complexity index is 423. The van der Waals surface area contributed by atoms with E-state index in [0.29, 0.717) is 0 Å². The van der Waals surface area contributed by atoms with Crippen LogP contribution in [0, 0.1) is 5.92 Å². The molecule has 0 aliphatic heterocycles. The van der Waals surface area contributed by atoms with E-state index in [1.54, 1.807) is 0 Å². The lowest BCUT2D eigenvalue weighted by Gasteiger charge is -2.24. The molecule has 0 spiro atoms. The summed E-state index contributed by atoms with van der Waals surface area (Å²) in [4.78, 5) is 0. The fourth-order valence-corrected chi connectivity index (χ4v) is 3.47. The zero-order chi connectivity index (χ0) is 13.1. The van der Waals surface area contributed by atoms with Gasteiger partial charge in [-0.2, -0.15) is 0 Å². The van der Waals surface area contributed by atoms with E-state index >= 15 is 0 Å². The molecule has 0 aromatic heterocycles. The van der Waals surface area contributed by atoms with Crippen molar-refractivity contribution in [1.29, 1.82) is 0 Å². The van der Waals surface area contributed by atoms with Crippen molar-refractivity contribution in [3.05, 3.63) is 29.3 Å². The minimum atomic E-state index is 0.210. The van der Waals surface area contributed by atoms with E-state index in [1.165, 1.54) is 56.1 Å². The number of fused-ring (bicyclic) bond motifs is 1. The normalized spacial score (nSPS) is 23.9. The Morgan fingerprint density at radius 2 is 1.89 bits per heavy atom. The van der Waals surface area contributed by atoms with Crippen LogP contribution in [0.4, 0.5) is 0 Å². The maximum atomic E-state index is 6.20. The third-order valence-corrected chi connectivity index (χ3v) is 4.69.